The molecule has 0 radical (unpaired) electrons. The minimum absolute atomic E-state index is 0.301. The van der Waals surface area contributed by atoms with Crippen LogP contribution in [-0.4, -0.2) is 17.5 Å². The average molecular weight is 349 g/mol. The summed E-state index contributed by atoms with van der Waals surface area (Å²) in [6.45, 7) is 7.28. The van der Waals surface area contributed by atoms with Crippen molar-refractivity contribution in [2.24, 2.45) is 0 Å². The Morgan fingerprint density at radius 2 is 1.85 bits per heavy atom. The average Bonchev–Trinajstić information content (AvgIpc) is 2.32. The van der Waals surface area contributed by atoms with Gasteiger partial charge in [0, 0.05) is 10.0 Å². The van der Waals surface area contributed by atoms with E-state index in [0.717, 1.165) is 18.6 Å². The van der Waals surface area contributed by atoms with Gasteiger partial charge in [0.05, 0.1) is 0 Å². The number of benzene rings is 1. The third-order valence-corrected chi connectivity index (χ3v) is 3.56. The number of halogens is 3. The molecular weight excluding hydrogens is 330 g/mol. The minimum atomic E-state index is -0.744. The van der Waals surface area contributed by atoms with Crippen molar-refractivity contribution < 1.29 is 13.6 Å². The van der Waals surface area contributed by atoms with Crippen LogP contribution in [0, 0.1) is 11.6 Å². The van der Waals surface area contributed by atoms with Gasteiger partial charge in [-0.25, -0.2) is 8.78 Å². The monoisotopic (exact) mass is 348 g/mol. The molecule has 0 aliphatic rings. The maximum atomic E-state index is 13.7. The Morgan fingerprint density at radius 3 is 2.30 bits per heavy atom. The first kappa shape index (κ1) is 16.9. The van der Waals surface area contributed by atoms with Gasteiger partial charge in [0.1, 0.15) is 23.4 Å². The number of hydrogen-bond acceptors (Lipinski definition) is 2. The van der Waals surface area contributed by atoms with Crippen molar-refractivity contribution in [1.29, 1.82) is 0 Å². The van der Waals surface area contributed by atoms with Crippen LogP contribution >= 0.6 is 15.9 Å². The van der Waals surface area contributed by atoms with E-state index in [9.17, 15) is 13.6 Å². The molecule has 0 aromatic heterocycles. The first-order valence-electron chi connectivity index (χ1n) is 6.39. The third kappa shape index (κ3) is 4.44. The Hall–Kier alpha value is -1.17. The van der Waals surface area contributed by atoms with E-state index in [4.69, 9.17) is 0 Å². The van der Waals surface area contributed by atoms with Gasteiger partial charge in [0.2, 0.25) is 5.91 Å². The zero-order chi connectivity index (χ0) is 15.5. The fraction of sp³-hybridized carbons (Fsp3) is 0.500. The Morgan fingerprint density at radius 1 is 1.35 bits per heavy atom. The van der Waals surface area contributed by atoms with Gasteiger partial charge < -0.3 is 10.6 Å². The zero-order valence-electron chi connectivity index (χ0n) is 12.0. The van der Waals surface area contributed by atoms with E-state index >= 15 is 0 Å². The molecule has 1 amide bonds. The molecule has 20 heavy (non-hydrogen) atoms. The van der Waals surface area contributed by atoms with Crippen molar-refractivity contribution in [1.82, 2.24) is 5.32 Å². The number of rotatable bonds is 5. The largest absolute Gasteiger partial charge is 0.369 e. The van der Waals surface area contributed by atoms with Crippen LogP contribution < -0.4 is 10.6 Å². The van der Waals surface area contributed by atoms with Crippen LogP contribution in [0.1, 0.15) is 34.1 Å². The van der Waals surface area contributed by atoms with Gasteiger partial charge in [-0.2, -0.15) is 0 Å². The second-order valence-corrected chi connectivity index (χ2v) is 6.25. The highest BCUT2D eigenvalue weighted by molar-refractivity contribution is 9.10. The highest BCUT2D eigenvalue weighted by Gasteiger charge is 2.23. The summed E-state index contributed by atoms with van der Waals surface area (Å²) in [6, 6.07) is 1.55. The van der Waals surface area contributed by atoms with E-state index in [2.05, 4.69) is 26.6 Å². The number of nitrogens with one attached hydrogen (secondary N) is 2. The summed E-state index contributed by atoms with van der Waals surface area (Å²) in [5, 5.41) is 5.39. The van der Waals surface area contributed by atoms with Crippen LogP contribution in [0.2, 0.25) is 0 Å². The van der Waals surface area contributed by atoms with Gasteiger partial charge in [-0.1, -0.05) is 22.9 Å². The molecular formula is C14H19BrF2N2O. The van der Waals surface area contributed by atoms with Crippen molar-refractivity contribution in [2.75, 3.05) is 5.32 Å². The summed E-state index contributed by atoms with van der Waals surface area (Å²) in [7, 11) is 0. The molecule has 0 heterocycles. The summed E-state index contributed by atoms with van der Waals surface area (Å²) in [4.78, 5) is 12.0. The van der Waals surface area contributed by atoms with Crippen molar-refractivity contribution in [2.45, 2.75) is 45.7 Å². The second kappa shape index (κ2) is 6.52. The minimum Gasteiger partial charge on any atom is -0.369 e. The lowest BCUT2D eigenvalue weighted by Crippen LogP contribution is -2.48. The molecule has 3 nitrogen and oxygen atoms in total. The molecule has 0 bridgehead atoms. The van der Waals surface area contributed by atoms with Crippen LogP contribution in [0.15, 0.2) is 16.6 Å². The lowest BCUT2D eigenvalue weighted by atomic mass is 10.0. The molecule has 1 unspecified atom stereocenters. The van der Waals surface area contributed by atoms with E-state index in [0.29, 0.717) is 4.47 Å². The van der Waals surface area contributed by atoms with Gasteiger partial charge in [0.25, 0.3) is 0 Å². The van der Waals surface area contributed by atoms with E-state index in [-0.39, 0.29) is 17.1 Å². The smallest absolute Gasteiger partial charge is 0.242 e. The molecule has 0 saturated carbocycles. The predicted octanol–water partition coefficient (Wildman–Crippen LogP) is 3.83. The van der Waals surface area contributed by atoms with E-state index in [1.54, 1.807) is 6.92 Å². The highest BCUT2D eigenvalue weighted by atomic mass is 79.9. The summed E-state index contributed by atoms with van der Waals surface area (Å²) >= 11 is 3.00. The number of hydrogen-bond donors (Lipinski definition) is 2. The van der Waals surface area contributed by atoms with Crippen molar-refractivity contribution in [3.8, 4) is 0 Å². The number of carbonyl (C=O) groups excluding carboxylic acids is 1. The molecule has 0 aliphatic heterocycles. The molecule has 1 aromatic rings. The Balaban J connectivity index is 2.81. The summed E-state index contributed by atoms with van der Waals surface area (Å²) in [5.74, 6) is -1.80. The summed E-state index contributed by atoms with van der Waals surface area (Å²) in [5.41, 5.74) is -0.658. The third-order valence-electron chi connectivity index (χ3n) is 3.11. The Kier molecular flexibility index (Phi) is 5.50. The van der Waals surface area contributed by atoms with Gasteiger partial charge in [0.15, 0.2) is 0 Å². The first-order valence-corrected chi connectivity index (χ1v) is 7.18. The molecule has 6 heteroatoms. The van der Waals surface area contributed by atoms with Crippen LogP contribution in [-0.2, 0) is 4.79 Å². The van der Waals surface area contributed by atoms with Crippen molar-refractivity contribution >= 4 is 27.5 Å². The fourth-order valence-corrected chi connectivity index (χ4v) is 1.89. The van der Waals surface area contributed by atoms with Crippen LogP contribution in [0.5, 0.6) is 0 Å². The Bertz CT molecular complexity index is 483. The standard InChI is InChI=1S/C14H19BrF2N2O/c1-5-14(3,4)19-13(20)8(2)18-12-10(16)6-9(15)7-11(12)17/h6-8,18H,5H2,1-4H3,(H,19,20). The van der Waals surface area contributed by atoms with E-state index < -0.39 is 17.7 Å². The predicted molar refractivity (Wildman–Crippen MR) is 79.7 cm³/mol. The quantitative estimate of drug-likeness (QED) is 0.848. The van der Waals surface area contributed by atoms with E-state index in [1.165, 1.54) is 0 Å². The summed E-state index contributed by atoms with van der Waals surface area (Å²) < 4.78 is 27.7. The second-order valence-electron chi connectivity index (χ2n) is 5.34. The topological polar surface area (TPSA) is 41.1 Å². The zero-order valence-corrected chi connectivity index (χ0v) is 13.6. The molecule has 1 rings (SSSR count). The maximum absolute atomic E-state index is 13.7. The molecule has 1 aromatic carbocycles. The summed E-state index contributed by atoms with van der Waals surface area (Å²) in [6.07, 6.45) is 0.756. The normalized spacial score (nSPS) is 12.9. The molecule has 1 atom stereocenters. The van der Waals surface area contributed by atoms with Crippen molar-refractivity contribution in [3.63, 3.8) is 0 Å². The number of anilines is 1. The maximum Gasteiger partial charge on any atom is 0.242 e. The van der Waals surface area contributed by atoms with E-state index in [1.807, 2.05) is 20.8 Å². The molecule has 0 fully saturated rings. The van der Waals surface area contributed by atoms with Crippen LogP contribution in [0.3, 0.4) is 0 Å². The van der Waals surface area contributed by atoms with Crippen LogP contribution in [0.4, 0.5) is 14.5 Å². The Labute approximate surface area is 126 Å². The number of amides is 1. The lowest BCUT2D eigenvalue weighted by Gasteiger charge is -2.27. The SMILES string of the molecule is CCC(C)(C)NC(=O)C(C)Nc1c(F)cc(Br)cc1F. The molecule has 0 saturated heterocycles. The fourth-order valence-electron chi connectivity index (χ4n) is 1.49. The number of carbonyl (C=O) groups is 1. The van der Waals surface area contributed by atoms with Crippen LogP contribution in [0.25, 0.3) is 0 Å². The lowest BCUT2D eigenvalue weighted by molar-refractivity contribution is -0.123. The highest BCUT2D eigenvalue weighted by Crippen LogP contribution is 2.24. The molecule has 0 spiro atoms. The first-order chi connectivity index (χ1) is 9.16. The van der Waals surface area contributed by atoms with Gasteiger partial charge >= 0.3 is 0 Å². The van der Waals surface area contributed by atoms with Crippen molar-refractivity contribution in [3.05, 3.63) is 28.2 Å². The van der Waals surface area contributed by atoms with Gasteiger partial charge in [-0.15, -0.1) is 0 Å². The van der Waals surface area contributed by atoms with Gasteiger partial charge in [-0.3, -0.25) is 4.79 Å². The molecule has 112 valence electrons. The molecule has 2 N–H and O–H groups in total. The molecule has 0 aliphatic carbocycles. The van der Waals surface area contributed by atoms with Gasteiger partial charge in [-0.05, 0) is 39.3 Å².